The molecule has 1 saturated heterocycles. The first-order valence-corrected chi connectivity index (χ1v) is 16.6. The van der Waals surface area contributed by atoms with Crippen LogP contribution in [0.2, 0.25) is 36.3 Å². The molecule has 1 N–H and O–H groups in total. The van der Waals surface area contributed by atoms with E-state index in [1.807, 2.05) is 0 Å². The predicted molar refractivity (Wildman–Crippen MR) is 120 cm³/mol. The van der Waals surface area contributed by atoms with Crippen LogP contribution in [0.5, 0.6) is 0 Å². The lowest BCUT2D eigenvalue weighted by molar-refractivity contribution is 0.0327. The van der Waals surface area contributed by atoms with Gasteiger partial charge in [-0.05, 0) is 29.1 Å². The van der Waals surface area contributed by atoms with Gasteiger partial charge in [-0.1, -0.05) is 80.6 Å². The van der Waals surface area contributed by atoms with Crippen molar-refractivity contribution in [2.75, 3.05) is 0 Å². The summed E-state index contributed by atoms with van der Waals surface area (Å²) < 4.78 is 13.1. The Balaban J connectivity index is 2.30. The van der Waals surface area contributed by atoms with Crippen LogP contribution in [-0.4, -0.2) is 44.5 Å². The van der Waals surface area contributed by atoms with Crippen LogP contribution in [0.3, 0.4) is 0 Å². The molecule has 0 bridgehead atoms. The Morgan fingerprint density at radius 2 is 1.56 bits per heavy atom. The van der Waals surface area contributed by atoms with Gasteiger partial charge in [-0.2, -0.15) is 0 Å². The minimum atomic E-state index is -2.02. The Morgan fingerprint density at radius 1 is 1.04 bits per heavy atom. The van der Waals surface area contributed by atoms with Crippen molar-refractivity contribution >= 4 is 16.4 Å². The molecule has 4 atom stereocenters. The van der Waals surface area contributed by atoms with Crippen molar-refractivity contribution in [1.29, 1.82) is 0 Å². The standard InChI is InChI=1S/C22H44O3Si2/c1-16(2)13-14-21(25-27(11,12)20(6,7)8)15-22(21,23)17-18(24-17)26(9,10)19(3,4)5/h13-14,16-18,23H,15H2,1-12H3/b14-13+/t17-,18-,21-,22-/m0/s1. The molecular formula is C22H44O3Si2. The maximum Gasteiger partial charge on any atom is 0.193 e. The quantitative estimate of drug-likeness (QED) is 0.335. The summed E-state index contributed by atoms with van der Waals surface area (Å²) in [7, 11) is -3.67. The normalized spacial score (nSPS) is 35.2. The monoisotopic (exact) mass is 412 g/mol. The van der Waals surface area contributed by atoms with Gasteiger partial charge in [0.1, 0.15) is 17.3 Å². The summed E-state index contributed by atoms with van der Waals surface area (Å²) in [6.07, 6.45) is 4.92. The molecule has 2 rings (SSSR count). The highest BCUT2D eigenvalue weighted by atomic mass is 28.4. The molecule has 2 fully saturated rings. The van der Waals surface area contributed by atoms with E-state index in [1.54, 1.807) is 0 Å². The van der Waals surface area contributed by atoms with Gasteiger partial charge in [-0.15, -0.1) is 0 Å². The third-order valence-corrected chi connectivity index (χ3v) is 18.0. The van der Waals surface area contributed by atoms with Gasteiger partial charge in [-0.25, -0.2) is 0 Å². The van der Waals surface area contributed by atoms with E-state index in [2.05, 4.69) is 93.7 Å². The van der Waals surface area contributed by atoms with Crippen molar-refractivity contribution in [1.82, 2.24) is 0 Å². The highest BCUT2D eigenvalue weighted by molar-refractivity contribution is 6.82. The number of aliphatic hydroxyl groups is 1. The van der Waals surface area contributed by atoms with Crippen LogP contribution < -0.4 is 0 Å². The zero-order valence-corrected chi connectivity index (χ0v) is 21.9. The summed E-state index contributed by atoms with van der Waals surface area (Å²) in [5, 5.41) is 12.0. The van der Waals surface area contributed by atoms with Crippen LogP contribution >= 0.6 is 0 Å². The second-order valence-corrected chi connectivity index (χ2v) is 22.6. The van der Waals surface area contributed by atoms with Crippen LogP contribution in [0, 0.1) is 5.92 Å². The molecule has 2 aliphatic rings. The van der Waals surface area contributed by atoms with Crippen LogP contribution in [0.4, 0.5) is 0 Å². The first-order chi connectivity index (χ1) is 11.8. The van der Waals surface area contributed by atoms with Gasteiger partial charge in [0, 0.05) is 6.42 Å². The van der Waals surface area contributed by atoms with Gasteiger partial charge in [0.2, 0.25) is 0 Å². The van der Waals surface area contributed by atoms with E-state index in [-0.39, 0.29) is 21.9 Å². The summed E-state index contributed by atoms with van der Waals surface area (Å²) in [6, 6.07) is 0. The van der Waals surface area contributed by atoms with E-state index in [4.69, 9.17) is 9.16 Å². The van der Waals surface area contributed by atoms with Gasteiger partial charge >= 0.3 is 0 Å². The van der Waals surface area contributed by atoms with Crippen molar-refractivity contribution < 1.29 is 14.3 Å². The predicted octanol–water partition coefficient (Wildman–Crippen LogP) is 5.91. The zero-order chi connectivity index (χ0) is 21.3. The van der Waals surface area contributed by atoms with Gasteiger partial charge in [0.05, 0.1) is 13.8 Å². The molecule has 0 aromatic carbocycles. The maximum absolute atomic E-state index is 11.7. The lowest BCUT2D eigenvalue weighted by Crippen LogP contribution is -2.50. The molecule has 158 valence electrons. The highest BCUT2D eigenvalue weighted by Gasteiger charge is 2.79. The summed E-state index contributed by atoms with van der Waals surface area (Å²) in [5.41, 5.74) is -1.25. The number of allylic oxidation sites excluding steroid dienone is 1. The minimum absolute atomic E-state index is 0.0834. The fourth-order valence-electron chi connectivity index (χ4n) is 3.47. The Hall–Kier alpha value is 0.0538. The van der Waals surface area contributed by atoms with Gasteiger partial charge in [0.15, 0.2) is 8.32 Å². The Kier molecular flexibility index (Phi) is 5.64. The molecule has 3 nitrogen and oxygen atoms in total. The third kappa shape index (κ3) is 4.04. The molecule has 1 heterocycles. The molecule has 0 unspecified atom stereocenters. The number of hydrogen-bond acceptors (Lipinski definition) is 3. The van der Waals surface area contributed by atoms with Gasteiger partial charge in [-0.3, -0.25) is 0 Å². The van der Waals surface area contributed by atoms with E-state index in [0.717, 1.165) is 0 Å². The molecular weight excluding hydrogens is 368 g/mol. The fraction of sp³-hybridized carbons (Fsp3) is 0.909. The van der Waals surface area contributed by atoms with E-state index in [0.29, 0.717) is 12.3 Å². The summed E-state index contributed by atoms with van der Waals surface area (Å²) in [6.45, 7) is 27.4. The van der Waals surface area contributed by atoms with Crippen molar-refractivity contribution in [3.63, 3.8) is 0 Å². The van der Waals surface area contributed by atoms with E-state index in [1.165, 1.54) is 0 Å². The van der Waals surface area contributed by atoms with Crippen molar-refractivity contribution in [3.8, 4) is 0 Å². The first-order valence-electron chi connectivity index (χ1n) is 10.6. The molecule has 0 amide bonds. The molecule has 0 aromatic rings. The average Bonchev–Trinajstić information content (AvgIpc) is 3.30. The molecule has 1 aliphatic heterocycles. The van der Waals surface area contributed by atoms with E-state index in [9.17, 15) is 5.11 Å². The third-order valence-electron chi connectivity index (χ3n) is 7.74. The number of rotatable bonds is 6. The Morgan fingerprint density at radius 3 is 1.96 bits per heavy atom. The largest absolute Gasteiger partial charge is 0.405 e. The van der Waals surface area contributed by atoms with Crippen molar-refractivity contribution in [3.05, 3.63) is 12.2 Å². The highest BCUT2D eigenvalue weighted by Crippen LogP contribution is 2.64. The number of hydrogen-bond donors (Lipinski definition) is 1. The number of ether oxygens (including phenoxy) is 1. The molecule has 0 aromatic heterocycles. The molecule has 1 saturated carbocycles. The zero-order valence-electron chi connectivity index (χ0n) is 19.9. The SMILES string of the molecule is CC(C)/C=C/[C@]1(O[Si](C)(C)C(C)(C)C)C[C@]1(O)[C@H]1O[C@H]1[Si](C)(C)C(C)(C)C. The number of epoxide rings is 1. The second kappa shape index (κ2) is 6.53. The summed E-state index contributed by atoms with van der Waals surface area (Å²) in [5.74, 6) is 0.436. The second-order valence-electron chi connectivity index (χ2n) is 12.4. The molecule has 1 aliphatic carbocycles. The van der Waals surface area contributed by atoms with E-state index < -0.39 is 27.6 Å². The molecule has 27 heavy (non-hydrogen) atoms. The van der Waals surface area contributed by atoms with Gasteiger partial charge < -0.3 is 14.3 Å². The maximum atomic E-state index is 11.7. The molecule has 0 spiro atoms. The van der Waals surface area contributed by atoms with E-state index >= 15 is 0 Å². The van der Waals surface area contributed by atoms with Gasteiger partial charge in [0.25, 0.3) is 0 Å². The minimum Gasteiger partial charge on any atom is -0.405 e. The van der Waals surface area contributed by atoms with Crippen molar-refractivity contribution in [2.45, 2.75) is 121 Å². The smallest absolute Gasteiger partial charge is 0.193 e. The van der Waals surface area contributed by atoms with Crippen LogP contribution in [0.25, 0.3) is 0 Å². The van der Waals surface area contributed by atoms with Crippen molar-refractivity contribution in [2.24, 2.45) is 5.92 Å². The Labute approximate surface area is 170 Å². The average molecular weight is 413 g/mol. The Bertz CT molecular complexity index is 598. The van der Waals surface area contributed by atoms with Crippen LogP contribution in [0.1, 0.15) is 61.8 Å². The lowest BCUT2D eigenvalue weighted by Gasteiger charge is -2.40. The lowest BCUT2D eigenvalue weighted by atomic mass is 10.1. The molecule has 5 heteroatoms. The fourth-order valence-corrected chi connectivity index (χ4v) is 7.37. The first kappa shape index (κ1) is 23.3. The van der Waals surface area contributed by atoms with Crippen LogP contribution in [0.15, 0.2) is 12.2 Å². The summed E-state index contributed by atoms with van der Waals surface area (Å²) >= 11 is 0. The summed E-state index contributed by atoms with van der Waals surface area (Å²) in [4.78, 5) is 0. The van der Waals surface area contributed by atoms with Crippen LogP contribution in [-0.2, 0) is 9.16 Å². The topological polar surface area (TPSA) is 42.0 Å². The molecule has 0 radical (unpaired) electrons.